The van der Waals surface area contributed by atoms with Gasteiger partial charge in [-0.2, -0.15) is 0 Å². The van der Waals surface area contributed by atoms with Crippen molar-refractivity contribution in [1.82, 2.24) is 14.7 Å². The standard InChI is InChI=1S/C30H31F4N5O2/c1-4-25-28(39-17-19(2)5-12-27(39)36-25)29(40)35-16-21-6-11-26(24(31)15-21)37-13-14-38(20(3)18-37)22-7-9-23(10-8-22)41-30(32,33)34/h5-12,15,17,20H,4,13-14,16,18H2,1-3H3,(H,35,40). The number of anilines is 2. The number of nitrogens with one attached hydrogen (secondary N) is 1. The van der Waals surface area contributed by atoms with Crippen molar-refractivity contribution < 1.29 is 27.1 Å². The number of amides is 1. The number of rotatable bonds is 7. The minimum Gasteiger partial charge on any atom is -0.406 e. The van der Waals surface area contributed by atoms with Crippen LogP contribution in [0.4, 0.5) is 28.9 Å². The molecule has 1 saturated heterocycles. The molecule has 7 nitrogen and oxygen atoms in total. The number of aromatic nitrogens is 2. The number of halogens is 4. The predicted octanol–water partition coefficient (Wildman–Crippen LogP) is 5.89. The highest BCUT2D eigenvalue weighted by Crippen LogP contribution is 2.29. The third-order valence-electron chi connectivity index (χ3n) is 7.22. The average Bonchev–Trinajstić information content (AvgIpc) is 3.29. The fourth-order valence-corrected chi connectivity index (χ4v) is 5.27. The molecule has 0 spiro atoms. The molecule has 216 valence electrons. The molecule has 1 N–H and O–H groups in total. The Morgan fingerprint density at radius 3 is 2.51 bits per heavy atom. The summed E-state index contributed by atoms with van der Waals surface area (Å²) in [6.07, 6.45) is -2.25. The van der Waals surface area contributed by atoms with E-state index in [-0.39, 0.29) is 30.1 Å². The first-order chi connectivity index (χ1) is 19.5. The Morgan fingerprint density at radius 1 is 1.10 bits per heavy atom. The zero-order valence-electron chi connectivity index (χ0n) is 23.0. The van der Waals surface area contributed by atoms with E-state index in [2.05, 4.69) is 19.9 Å². The number of hydrogen-bond donors (Lipinski definition) is 1. The first-order valence-electron chi connectivity index (χ1n) is 13.4. The molecule has 11 heteroatoms. The van der Waals surface area contributed by atoms with Gasteiger partial charge < -0.3 is 19.9 Å². The van der Waals surface area contributed by atoms with E-state index < -0.39 is 6.36 Å². The second kappa shape index (κ2) is 11.3. The summed E-state index contributed by atoms with van der Waals surface area (Å²) in [7, 11) is 0. The van der Waals surface area contributed by atoms with Crippen molar-refractivity contribution in [1.29, 1.82) is 0 Å². The molecule has 4 aromatic rings. The van der Waals surface area contributed by atoms with Gasteiger partial charge in [-0.1, -0.05) is 19.1 Å². The van der Waals surface area contributed by atoms with Crippen LogP contribution in [0.25, 0.3) is 5.65 Å². The van der Waals surface area contributed by atoms with Crippen LogP contribution in [-0.2, 0) is 13.0 Å². The number of nitrogens with zero attached hydrogens (tertiary/aromatic N) is 4. The molecule has 0 radical (unpaired) electrons. The molecule has 0 aliphatic carbocycles. The van der Waals surface area contributed by atoms with E-state index in [9.17, 15) is 18.0 Å². The van der Waals surface area contributed by atoms with E-state index >= 15 is 4.39 Å². The van der Waals surface area contributed by atoms with Gasteiger partial charge in [-0.05, 0) is 73.9 Å². The highest BCUT2D eigenvalue weighted by Gasteiger charge is 2.31. The van der Waals surface area contributed by atoms with Gasteiger partial charge in [-0.25, -0.2) is 9.37 Å². The van der Waals surface area contributed by atoms with Crippen molar-refractivity contribution in [2.75, 3.05) is 29.4 Å². The van der Waals surface area contributed by atoms with Crippen molar-refractivity contribution in [3.05, 3.63) is 89.1 Å². The lowest BCUT2D eigenvalue weighted by atomic mass is 10.1. The van der Waals surface area contributed by atoms with E-state index in [0.29, 0.717) is 54.3 Å². The van der Waals surface area contributed by atoms with Gasteiger partial charge in [0, 0.05) is 44.1 Å². The van der Waals surface area contributed by atoms with Crippen molar-refractivity contribution in [2.45, 2.75) is 46.1 Å². The number of piperazine rings is 1. The molecule has 1 atom stereocenters. The Bertz CT molecular complexity index is 1550. The topological polar surface area (TPSA) is 62.1 Å². The monoisotopic (exact) mass is 569 g/mol. The lowest BCUT2D eigenvalue weighted by Gasteiger charge is -2.42. The maximum absolute atomic E-state index is 15.2. The molecule has 1 aliphatic rings. The molecule has 0 saturated carbocycles. The molecule has 1 amide bonds. The highest BCUT2D eigenvalue weighted by atomic mass is 19.4. The summed E-state index contributed by atoms with van der Waals surface area (Å²) in [5.41, 5.74) is 4.76. The quantitative estimate of drug-likeness (QED) is 0.282. The summed E-state index contributed by atoms with van der Waals surface area (Å²) < 4.78 is 58.4. The number of alkyl halides is 3. The maximum atomic E-state index is 15.2. The van der Waals surface area contributed by atoms with E-state index in [1.165, 1.54) is 18.2 Å². The Labute approximate surface area is 235 Å². The van der Waals surface area contributed by atoms with Crippen LogP contribution in [-0.4, -0.2) is 47.3 Å². The zero-order chi connectivity index (χ0) is 29.3. The van der Waals surface area contributed by atoms with E-state index in [1.807, 2.05) is 44.0 Å². The summed E-state index contributed by atoms with van der Waals surface area (Å²) in [5, 5.41) is 2.90. The first kappa shape index (κ1) is 28.3. The Hall–Kier alpha value is -4.28. The lowest BCUT2D eigenvalue weighted by Crippen LogP contribution is -2.52. The number of hydrogen-bond acceptors (Lipinski definition) is 5. The number of pyridine rings is 1. The molecule has 2 aromatic carbocycles. The third kappa shape index (κ3) is 6.23. The van der Waals surface area contributed by atoms with Crippen LogP contribution < -0.4 is 19.9 Å². The van der Waals surface area contributed by atoms with Crippen LogP contribution in [0, 0.1) is 12.7 Å². The molecular weight excluding hydrogens is 538 g/mol. The fourth-order valence-electron chi connectivity index (χ4n) is 5.27. The molecule has 5 rings (SSSR count). The number of carbonyl (C=O) groups is 1. The van der Waals surface area contributed by atoms with Gasteiger partial charge in [0.15, 0.2) is 0 Å². The SMILES string of the molecule is CCc1nc2ccc(C)cn2c1C(=O)NCc1ccc(N2CCN(c3ccc(OC(F)(F)F)cc3)C(C)C2)c(F)c1. The summed E-state index contributed by atoms with van der Waals surface area (Å²) in [4.78, 5) is 21.7. The fraction of sp³-hybridized carbons (Fsp3) is 0.333. The lowest BCUT2D eigenvalue weighted by molar-refractivity contribution is -0.274. The van der Waals surface area contributed by atoms with Gasteiger partial charge in [0.05, 0.1) is 11.4 Å². The predicted molar refractivity (Wildman–Crippen MR) is 149 cm³/mol. The average molecular weight is 570 g/mol. The second-order valence-corrected chi connectivity index (χ2v) is 10.2. The minimum atomic E-state index is -4.74. The highest BCUT2D eigenvalue weighted by molar-refractivity contribution is 5.94. The molecule has 3 heterocycles. The van der Waals surface area contributed by atoms with Gasteiger partial charge in [-0.3, -0.25) is 9.20 Å². The van der Waals surface area contributed by atoms with Crippen molar-refractivity contribution >= 4 is 22.9 Å². The van der Waals surface area contributed by atoms with Crippen molar-refractivity contribution in [3.63, 3.8) is 0 Å². The van der Waals surface area contributed by atoms with Crippen LogP contribution in [0.15, 0.2) is 60.8 Å². The van der Waals surface area contributed by atoms with Crippen LogP contribution >= 0.6 is 0 Å². The van der Waals surface area contributed by atoms with E-state index in [1.54, 1.807) is 28.7 Å². The van der Waals surface area contributed by atoms with Gasteiger partial charge in [0.1, 0.15) is 22.9 Å². The number of fused-ring (bicyclic) bond motifs is 1. The van der Waals surface area contributed by atoms with E-state index in [0.717, 1.165) is 11.3 Å². The minimum absolute atomic E-state index is 0.0154. The second-order valence-electron chi connectivity index (χ2n) is 10.2. The van der Waals surface area contributed by atoms with Gasteiger partial charge in [0.2, 0.25) is 0 Å². The normalized spacial score (nSPS) is 15.8. The Morgan fingerprint density at radius 2 is 1.85 bits per heavy atom. The molecule has 0 bridgehead atoms. The Kier molecular flexibility index (Phi) is 7.79. The third-order valence-corrected chi connectivity index (χ3v) is 7.22. The molecular formula is C30H31F4N5O2. The van der Waals surface area contributed by atoms with Crippen LogP contribution in [0.1, 0.15) is 41.2 Å². The number of aryl methyl sites for hydroxylation is 2. The molecule has 1 fully saturated rings. The summed E-state index contributed by atoms with van der Waals surface area (Å²) >= 11 is 0. The molecule has 1 aliphatic heterocycles. The zero-order valence-corrected chi connectivity index (χ0v) is 23.0. The maximum Gasteiger partial charge on any atom is 0.573 e. The number of ether oxygens (including phenoxy) is 1. The van der Waals surface area contributed by atoms with Crippen LogP contribution in [0.3, 0.4) is 0 Å². The molecule has 41 heavy (non-hydrogen) atoms. The summed E-state index contributed by atoms with van der Waals surface area (Å²) in [5.74, 6) is -0.927. The summed E-state index contributed by atoms with van der Waals surface area (Å²) in [6, 6.07) is 14.5. The van der Waals surface area contributed by atoms with Crippen molar-refractivity contribution in [2.24, 2.45) is 0 Å². The van der Waals surface area contributed by atoms with E-state index in [4.69, 9.17) is 0 Å². The number of imidazole rings is 1. The molecule has 2 aromatic heterocycles. The number of carbonyl (C=O) groups excluding carboxylic acids is 1. The first-order valence-corrected chi connectivity index (χ1v) is 13.4. The van der Waals surface area contributed by atoms with Crippen molar-refractivity contribution in [3.8, 4) is 5.75 Å². The largest absolute Gasteiger partial charge is 0.573 e. The van der Waals surface area contributed by atoms with Gasteiger partial charge >= 0.3 is 6.36 Å². The van der Waals surface area contributed by atoms with Crippen LogP contribution in [0.5, 0.6) is 5.75 Å². The van der Waals surface area contributed by atoms with Gasteiger partial charge in [0.25, 0.3) is 5.91 Å². The number of benzene rings is 2. The Balaban J connectivity index is 1.22. The van der Waals surface area contributed by atoms with Gasteiger partial charge in [-0.15, -0.1) is 13.2 Å². The smallest absolute Gasteiger partial charge is 0.406 e. The van der Waals surface area contributed by atoms with Crippen LogP contribution in [0.2, 0.25) is 0 Å². The molecule has 1 unspecified atom stereocenters. The summed E-state index contributed by atoms with van der Waals surface area (Å²) in [6.45, 7) is 7.68.